The molecule has 1 aliphatic carbocycles. The molecular weight excluding hydrogens is 276 g/mol. The van der Waals surface area contributed by atoms with Gasteiger partial charge in [-0.05, 0) is 46.9 Å². The number of halogens is 1. The van der Waals surface area contributed by atoms with Crippen LogP contribution in [0.4, 0.5) is 0 Å². The highest BCUT2D eigenvalue weighted by Gasteiger charge is 2.36. The van der Waals surface area contributed by atoms with Gasteiger partial charge in [0.2, 0.25) is 0 Å². The average Bonchev–Trinajstić information content (AvgIpc) is 2.46. The lowest BCUT2D eigenvalue weighted by atomic mass is 9.67. The molecule has 0 bridgehead atoms. The van der Waals surface area contributed by atoms with Crippen molar-refractivity contribution in [2.75, 3.05) is 0 Å². The predicted octanol–water partition coefficient (Wildman–Crippen LogP) is 6.21. The van der Waals surface area contributed by atoms with Crippen LogP contribution in [-0.2, 0) is 6.42 Å². The van der Waals surface area contributed by atoms with Crippen LogP contribution < -0.4 is 0 Å². The van der Waals surface area contributed by atoms with E-state index in [0.717, 1.165) is 6.42 Å². The molecule has 0 amide bonds. The zero-order valence-corrected chi connectivity index (χ0v) is 13.9. The lowest BCUT2D eigenvalue weighted by Crippen LogP contribution is -2.35. The molecule has 3 rings (SSSR count). The average molecular weight is 301 g/mol. The fraction of sp³-hybridized carbons (Fsp3) is 0.500. The van der Waals surface area contributed by atoms with E-state index in [1.54, 1.807) is 0 Å². The Morgan fingerprint density at radius 3 is 2.62 bits per heavy atom. The molecule has 112 valence electrons. The minimum atomic E-state index is 0.251. The maximum atomic E-state index is 6.83. The fourth-order valence-corrected chi connectivity index (χ4v) is 4.57. The molecule has 1 saturated carbocycles. The molecule has 0 N–H and O–H groups in total. The van der Waals surface area contributed by atoms with E-state index in [1.807, 2.05) is 0 Å². The molecule has 0 spiro atoms. The Labute approximate surface area is 133 Å². The van der Waals surface area contributed by atoms with Crippen molar-refractivity contribution in [1.82, 2.24) is 0 Å². The number of hydrogen-bond acceptors (Lipinski definition) is 0. The minimum absolute atomic E-state index is 0.251. The van der Waals surface area contributed by atoms with Crippen LogP contribution in [0.2, 0.25) is 0 Å². The molecule has 2 atom stereocenters. The van der Waals surface area contributed by atoms with E-state index in [4.69, 9.17) is 11.6 Å². The maximum Gasteiger partial charge on any atom is 0.0409 e. The van der Waals surface area contributed by atoms with E-state index in [2.05, 4.69) is 56.3 Å². The largest absolute Gasteiger partial charge is 0.122 e. The van der Waals surface area contributed by atoms with Crippen molar-refractivity contribution in [3.63, 3.8) is 0 Å². The summed E-state index contributed by atoms with van der Waals surface area (Å²) >= 11 is 6.83. The van der Waals surface area contributed by atoms with E-state index in [1.165, 1.54) is 42.0 Å². The number of benzene rings is 2. The molecule has 0 aromatic heterocycles. The summed E-state index contributed by atoms with van der Waals surface area (Å²) in [5.41, 5.74) is 1.76. The van der Waals surface area contributed by atoms with Crippen molar-refractivity contribution in [2.45, 2.75) is 51.3 Å². The van der Waals surface area contributed by atoms with Crippen LogP contribution in [0.5, 0.6) is 0 Å². The Kier molecular flexibility index (Phi) is 4.26. The van der Waals surface area contributed by atoms with Crippen LogP contribution in [0.1, 0.15) is 45.1 Å². The number of rotatable bonds is 3. The standard InChI is InChI=1S/C20H25Cl/c1-20(2)12-6-5-9-18(20)19(21)14-15-10-11-16-7-3-4-8-17(16)13-15/h3-4,7-8,10-11,13,18-19H,5-6,9,12,14H2,1-2H3. The number of fused-ring (bicyclic) bond motifs is 1. The Hall–Kier alpha value is -1.01. The second-order valence-electron chi connectivity index (χ2n) is 7.24. The predicted molar refractivity (Wildman–Crippen MR) is 93.0 cm³/mol. The van der Waals surface area contributed by atoms with E-state index in [0.29, 0.717) is 11.3 Å². The third kappa shape index (κ3) is 3.26. The second-order valence-corrected chi connectivity index (χ2v) is 7.80. The van der Waals surface area contributed by atoms with E-state index in [-0.39, 0.29) is 5.38 Å². The van der Waals surface area contributed by atoms with Gasteiger partial charge in [-0.3, -0.25) is 0 Å². The van der Waals surface area contributed by atoms with Gasteiger partial charge in [-0.1, -0.05) is 69.2 Å². The number of alkyl halides is 1. The Morgan fingerprint density at radius 1 is 1.10 bits per heavy atom. The molecule has 1 fully saturated rings. The van der Waals surface area contributed by atoms with Gasteiger partial charge in [-0.2, -0.15) is 0 Å². The molecule has 1 aliphatic rings. The van der Waals surface area contributed by atoms with Gasteiger partial charge in [-0.15, -0.1) is 11.6 Å². The molecule has 2 aromatic rings. The molecule has 21 heavy (non-hydrogen) atoms. The van der Waals surface area contributed by atoms with Crippen LogP contribution in [0.25, 0.3) is 10.8 Å². The highest BCUT2D eigenvalue weighted by Crippen LogP contribution is 2.44. The molecule has 0 nitrogen and oxygen atoms in total. The number of hydrogen-bond donors (Lipinski definition) is 0. The molecule has 0 heterocycles. The van der Waals surface area contributed by atoms with Gasteiger partial charge in [0, 0.05) is 5.38 Å². The first-order chi connectivity index (χ1) is 10.1. The third-order valence-electron chi connectivity index (χ3n) is 5.27. The molecule has 1 heteroatoms. The maximum absolute atomic E-state index is 6.83. The Morgan fingerprint density at radius 2 is 1.86 bits per heavy atom. The van der Waals surface area contributed by atoms with Crippen molar-refractivity contribution >= 4 is 22.4 Å². The van der Waals surface area contributed by atoms with Crippen LogP contribution in [-0.4, -0.2) is 5.38 Å². The fourth-order valence-electron chi connectivity index (χ4n) is 3.92. The van der Waals surface area contributed by atoms with Gasteiger partial charge in [0.15, 0.2) is 0 Å². The quantitative estimate of drug-likeness (QED) is 0.591. The Balaban J connectivity index is 1.77. The van der Waals surface area contributed by atoms with Crippen LogP contribution in [0, 0.1) is 11.3 Å². The van der Waals surface area contributed by atoms with Crippen molar-refractivity contribution in [2.24, 2.45) is 11.3 Å². The van der Waals surface area contributed by atoms with E-state index < -0.39 is 0 Å². The molecule has 0 radical (unpaired) electrons. The first-order valence-electron chi connectivity index (χ1n) is 8.18. The first-order valence-corrected chi connectivity index (χ1v) is 8.62. The summed E-state index contributed by atoms with van der Waals surface area (Å²) in [4.78, 5) is 0. The summed E-state index contributed by atoms with van der Waals surface area (Å²) in [5, 5.41) is 2.88. The van der Waals surface area contributed by atoms with Crippen LogP contribution >= 0.6 is 11.6 Å². The summed E-state index contributed by atoms with van der Waals surface area (Å²) in [6.45, 7) is 4.79. The van der Waals surface area contributed by atoms with E-state index in [9.17, 15) is 0 Å². The van der Waals surface area contributed by atoms with Gasteiger partial charge in [0.25, 0.3) is 0 Å². The van der Waals surface area contributed by atoms with Gasteiger partial charge in [-0.25, -0.2) is 0 Å². The molecule has 2 unspecified atom stereocenters. The molecular formula is C20H25Cl. The van der Waals surface area contributed by atoms with Gasteiger partial charge < -0.3 is 0 Å². The summed E-state index contributed by atoms with van der Waals surface area (Å²) in [5.74, 6) is 0.638. The van der Waals surface area contributed by atoms with Crippen molar-refractivity contribution in [3.05, 3.63) is 48.0 Å². The SMILES string of the molecule is CC1(C)CCCCC1C(Cl)Cc1ccc2ccccc2c1. The first kappa shape index (κ1) is 14.9. The normalized spacial score (nSPS) is 23.1. The van der Waals surface area contributed by atoms with Crippen LogP contribution in [0.3, 0.4) is 0 Å². The Bertz CT molecular complexity index is 614. The summed E-state index contributed by atoms with van der Waals surface area (Å²) in [7, 11) is 0. The molecule has 0 aliphatic heterocycles. The van der Waals surface area contributed by atoms with Gasteiger partial charge >= 0.3 is 0 Å². The van der Waals surface area contributed by atoms with Gasteiger partial charge in [0.05, 0.1) is 0 Å². The van der Waals surface area contributed by atoms with Gasteiger partial charge in [0.1, 0.15) is 0 Å². The third-order valence-corrected chi connectivity index (χ3v) is 5.73. The van der Waals surface area contributed by atoms with E-state index >= 15 is 0 Å². The van der Waals surface area contributed by atoms with Crippen molar-refractivity contribution in [1.29, 1.82) is 0 Å². The lowest BCUT2D eigenvalue weighted by molar-refractivity contribution is 0.133. The summed E-state index contributed by atoms with van der Waals surface area (Å²) in [6, 6.07) is 15.3. The topological polar surface area (TPSA) is 0 Å². The monoisotopic (exact) mass is 300 g/mol. The zero-order chi connectivity index (χ0) is 14.9. The second kappa shape index (κ2) is 6.01. The van der Waals surface area contributed by atoms with Crippen molar-refractivity contribution < 1.29 is 0 Å². The zero-order valence-electron chi connectivity index (χ0n) is 13.1. The minimum Gasteiger partial charge on any atom is -0.122 e. The van der Waals surface area contributed by atoms with Crippen molar-refractivity contribution in [3.8, 4) is 0 Å². The summed E-state index contributed by atoms with van der Waals surface area (Å²) in [6.07, 6.45) is 6.30. The molecule has 2 aromatic carbocycles. The summed E-state index contributed by atoms with van der Waals surface area (Å²) < 4.78 is 0. The van der Waals surface area contributed by atoms with Crippen LogP contribution in [0.15, 0.2) is 42.5 Å². The smallest absolute Gasteiger partial charge is 0.0409 e. The lowest BCUT2D eigenvalue weighted by Gasteiger charge is -2.41. The molecule has 0 saturated heterocycles. The highest BCUT2D eigenvalue weighted by molar-refractivity contribution is 6.21. The highest BCUT2D eigenvalue weighted by atomic mass is 35.5.